The summed E-state index contributed by atoms with van der Waals surface area (Å²) < 4.78 is 10.4. The molecule has 0 N–H and O–H groups in total. The maximum Gasteiger partial charge on any atom is 0.346 e. The van der Waals surface area contributed by atoms with Crippen LogP contribution in [0.2, 0.25) is 0 Å². The Morgan fingerprint density at radius 1 is 1.08 bits per heavy atom. The molecule has 1 fully saturated rings. The van der Waals surface area contributed by atoms with E-state index in [1.165, 1.54) is 5.56 Å². The molecule has 0 amide bonds. The zero-order valence-electron chi connectivity index (χ0n) is 14.3. The number of carbonyl (C=O) groups excluding carboxylic acids is 1. The minimum Gasteiger partial charge on any atom is -0.497 e. The third-order valence-corrected chi connectivity index (χ3v) is 4.70. The largest absolute Gasteiger partial charge is 0.497 e. The molecule has 0 aliphatic carbocycles. The summed E-state index contributed by atoms with van der Waals surface area (Å²) in [5, 5.41) is 0. The molecule has 4 rings (SSSR count). The molecule has 5 heteroatoms. The lowest BCUT2D eigenvalue weighted by molar-refractivity contribution is -0.147. The number of benzene rings is 2. The fraction of sp³-hybridized carbons (Fsp3) is 0.300. The van der Waals surface area contributed by atoms with Gasteiger partial charge in [0.15, 0.2) is 0 Å². The smallest absolute Gasteiger partial charge is 0.346 e. The number of nitrogens with zero attached hydrogens (tertiary/aromatic N) is 2. The van der Waals surface area contributed by atoms with Crippen molar-refractivity contribution in [1.29, 1.82) is 0 Å². The molecule has 4 atom stereocenters. The van der Waals surface area contributed by atoms with E-state index in [0.717, 1.165) is 17.0 Å². The van der Waals surface area contributed by atoms with Gasteiger partial charge >= 0.3 is 5.97 Å². The summed E-state index contributed by atoms with van der Waals surface area (Å²) in [5.74, 6) is 0.519. The Morgan fingerprint density at radius 3 is 2.44 bits per heavy atom. The summed E-state index contributed by atoms with van der Waals surface area (Å²) in [5.41, 5.74) is 3.15. The summed E-state index contributed by atoms with van der Waals surface area (Å²) >= 11 is 0. The van der Waals surface area contributed by atoms with Crippen LogP contribution in [0.3, 0.4) is 0 Å². The molecule has 25 heavy (non-hydrogen) atoms. The average Bonchev–Trinajstić information content (AvgIpc) is 3.26. The van der Waals surface area contributed by atoms with E-state index in [1.807, 2.05) is 49.4 Å². The van der Waals surface area contributed by atoms with Crippen LogP contribution >= 0.6 is 0 Å². The molecule has 2 aromatic carbocycles. The van der Waals surface area contributed by atoms with Crippen LogP contribution in [0, 0.1) is 0 Å². The Kier molecular flexibility index (Phi) is 4.01. The Bertz CT molecular complexity index is 801. The van der Waals surface area contributed by atoms with Crippen molar-refractivity contribution in [3.63, 3.8) is 0 Å². The molecule has 5 nitrogen and oxygen atoms in total. The minimum absolute atomic E-state index is 0.116. The first-order chi connectivity index (χ1) is 12.2. The van der Waals surface area contributed by atoms with Gasteiger partial charge in [-0.25, -0.2) is 4.79 Å². The van der Waals surface area contributed by atoms with E-state index in [2.05, 4.69) is 22.0 Å². The summed E-state index contributed by atoms with van der Waals surface area (Å²) in [7, 11) is 1.65. The van der Waals surface area contributed by atoms with Crippen LogP contribution in [-0.2, 0) is 9.53 Å². The first kappa shape index (κ1) is 15.8. The number of hydrogen-bond acceptors (Lipinski definition) is 5. The van der Waals surface area contributed by atoms with Gasteiger partial charge in [0.05, 0.1) is 31.5 Å². The van der Waals surface area contributed by atoms with Crippen molar-refractivity contribution in [2.45, 2.75) is 25.2 Å². The van der Waals surface area contributed by atoms with Crippen LogP contribution in [0.25, 0.3) is 0 Å². The Morgan fingerprint density at radius 2 is 1.80 bits per heavy atom. The lowest BCUT2D eigenvalue weighted by atomic mass is 10.0. The standard InChI is InChI=1S/C20H20N2O3/c1-3-25-20(23)19-21-16(13-9-11-15(24-2)12-10-13)18-17(22(18)19)14-7-5-4-6-8-14/h4-12,17-19H,3H2,1-2H3. The van der Waals surface area contributed by atoms with Crippen LogP contribution < -0.4 is 4.74 Å². The van der Waals surface area contributed by atoms with Crippen LogP contribution in [0.15, 0.2) is 59.6 Å². The van der Waals surface area contributed by atoms with Gasteiger partial charge in [-0.3, -0.25) is 9.89 Å². The second-order valence-corrected chi connectivity index (χ2v) is 6.12. The Balaban J connectivity index is 1.67. The van der Waals surface area contributed by atoms with E-state index in [4.69, 9.17) is 9.47 Å². The summed E-state index contributed by atoms with van der Waals surface area (Å²) in [6.07, 6.45) is -0.563. The number of esters is 1. The van der Waals surface area contributed by atoms with E-state index in [0.29, 0.717) is 6.61 Å². The predicted molar refractivity (Wildman–Crippen MR) is 94.8 cm³/mol. The summed E-state index contributed by atoms with van der Waals surface area (Å²) in [6, 6.07) is 18.3. The molecule has 2 heterocycles. The quantitative estimate of drug-likeness (QED) is 0.622. The molecular weight excluding hydrogens is 316 g/mol. The number of aliphatic imine (C=N–C) groups is 1. The van der Waals surface area contributed by atoms with Gasteiger partial charge in [-0.15, -0.1) is 0 Å². The monoisotopic (exact) mass is 336 g/mol. The van der Waals surface area contributed by atoms with Gasteiger partial charge in [0.1, 0.15) is 5.75 Å². The fourth-order valence-electron chi connectivity index (χ4n) is 3.52. The SMILES string of the molecule is CCOC(=O)C1N=C(c2ccc(OC)cc2)C2C(c3ccccc3)N12. The number of fused-ring (bicyclic) bond motifs is 1. The number of carbonyl (C=O) groups is 1. The molecule has 128 valence electrons. The third kappa shape index (κ3) is 2.70. The maximum absolute atomic E-state index is 12.3. The lowest BCUT2D eigenvalue weighted by Gasteiger charge is -2.12. The highest BCUT2D eigenvalue weighted by Crippen LogP contribution is 2.51. The molecular formula is C20H20N2O3. The van der Waals surface area contributed by atoms with Crippen molar-refractivity contribution in [2.75, 3.05) is 13.7 Å². The zero-order valence-corrected chi connectivity index (χ0v) is 14.3. The predicted octanol–water partition coefficient (Wildman–Crippen LogP) is 2.81. The second kappa shape index (κ2) is 6.33. The highest BCUT2D eigenvalue weighted by Gasteiger charge is 2.61. The van der Waals surface area contributed by atoms with Crippen molar-refractivity contribution < 1.29 is 14.3 Å². The van der Waals surface area contributed by atoms with Gasteiger partial charge in [0.25, 0.3) is 0 Å². The Hall–Kier alpha value is -2.66. The van der Waals surface area contributed by atoms with Gasteiger partial charge in [0, 0.05) is 0 Å². The maximum atomic E-state index is 12.3. The fourth-order valence-corrected chi connectivity index (χ4v) is 3.52. The molecule has 0 aromatic heterocycles. The molecule has 0 saturated carbocycles. The normalized spacial score (nSPS) is 26.6. The molecule has 4 unspecified atom stereocenters. The van der Waals surface area contributed by atoms with Crippen molar-refractivity contribution in [3.8, 4) is 5.75 Å². The first-order valence-electron chi connectivity index (χ1n) is 8.45. The molecule has 0 bridgehead atoms. The zero-order chi connectivity index (χ0) is 17.4. The summed E-state index contributed by atoms with van der Waals surface area (Å²) in [6.45, 7) is 2.17. The van der Waals surface area contributed by atoms with E-state index in [9.17, 15) is 4.79 Å². The van der Waals surface area contributed by atoms with E-state index >= 15 is 0 Å². The van der Waals surface area contributed by atoms with Gasteiger partial charge in [0.2, 0.25) is 6.17 Å². The van der Waals surface area contributed by atoms with E-state index < -0.39 is 6.17 Å². The van der Waals surface area contributed by atoms with Gasteiger partial charge in [-0.1, -0.05) is 30.3 Å². The van der Waals surface area contributed by atoms with Gasteiger partial charge in [-0.2, -0.15) is 0 Å². The molecule has 0 radical (unpaired) electrons. The molecule has 2 aromatic rings. The molecule has 2 aliphatic rings. The molecule has 2 aliphatic heterocycles. The van der Waals surface area contributed by atoms with Gasteiger partial charge in [-0.05, 0) is 42.3 Å². The highest BCUT2D eigenvalue weighted by atomic mass is 16.5. The topological polar surface area (TPSA) is 50.9 Å². The van der Waals surface area contributed by atoms with Crippen molar-refractivity contribution in [1.82, 2.24) is 4.90 Å². The van der Waals surface area contributed by atoms with Crippen molar-refractivity contribution in [2.24, 2.45) is 4.99 Å². The van der Waals surface area contributed by atoms with Crippen LogP contribution in [-0.4, -0.2) is 42.5 Å². The van der Waals surface area contributed by atoms with Gasteiger partial charge < -0.3 is 9.47 Å². The highest BCUT2D eigenvalue weighted by molar-refractivity contribution is 6.10. The average molecular weight is 336 g/mol. The number of methoxy groups -OCH3 is 1. The molecule has 1 saturated heterocycles. The third-order valence-electron chi connectivity index (χ3n) is 4.70. The van der Waals surface area contributed by atoms with Crippen LogP contribution in [0.4, 0.5) is 0 Å². The molecule has 0 spiro atoms. The van der Waals surface area contributed by atoms with E-state index in [1.54, 1.807) is 7.11 Å². The van der Waals surface area contributed by atoms with E-state index in [-0.39, 0.29) is 18.1 Å². The number of hydrogen-bond donors (Lipinski definition) is 0. The lowest BCUT2D eigenvalue weighted by Crippen LogP contribution is -2.28. The second-order valence-electron chi connectivity index (χ2n) is 6.12. The van der Waals surface area contributed by atoms with Crippen LogP contribution in [0.1, 0.15) is 24.1 Å². The number of rotatable bonds is 5. The van der Waals surface area contributed by atoms with Crippen LogP contribution in [0.5, 0.6) is 5.75 Å². The Labute approximate surface area is 146 Å². The number of ether oxygens (including phenoxy) is 2. The minimum atomic E-state index is -0.563. The summed E-state index contributed by atoms with van der Waals surface area (Å²) in [4.78, 5) is 19.1. The first-order valence-corrected chi connectivity index (χ1v) is 8.45. The van der Waals surface area contributed by atoms with Crippen molar-refractivity contribution >= 4 is 11.7 Å². The van der Waals surface area contributed by atoms with Crippen molar-refractivity contribution in [3.05, 3.63) is 65.7 Å².